The largest absolute Gasteiger partial charge is 0.619 e. The van der Waals surface area contributed by atoms with Crippen molar-refractivity contribution in [3.63, 3.8) is 0 Å². The number of hydrogen-bond acceptors (Lipinski definition) is 8. The molecule has 5 heterocycles. The maximum absolute atomic E-state index is 14.1. The highest BCUT2D eigenvalue weighted by Gasteiger charge is 2.38. The lowest BCUT2D eigenvalue weighted by molar-refractivity contribution is -0.605. The lowest BCUT2D eigenvalue weighted by Crippen LogP contribution is -2.53. The van der Waals surface area contributed by atoms with Crippen LogP contribution in [0, 0.1) is 11.1 Å². The number of anilines is 1. The van der Waals surface area contributed by atoms with E-state index in [0.717, 1.165) is 25.9 Å². The predicted octanol–water partition coefficient (Wildman–Crippen LogP) is 6.35. The number of pyridine rings is 2. The van der Waals surface area contributed by atoms with Gasteiger partial charge >= 0.3 is 12.1 Å². The van der Waals surface area contributed by atoms with E-state index in [2.05, 4.69) is 9.88 Å². The Morgan fingerprint density at radius 2 is 1.80 bits per heavy atom. The molecule has 1 amide bonds. The lowest BCUT2D eigenvalue weighted by Gasteiger charge is -2.44. The number of benzene rings is 2. The van der Waals surface area contributed by atoms with Crippen LogP contribution in [0.4, 0.5) is 10.5 Å². The molecule has 4 aromatic rings. The Bertz CT molecular complexity index is 1810. The van der Waals surface area contributed by atoms with Crippen LogP contribution in [0.5, 0.6) is 11.5 Å². The van der Waals surface area contributed by atoms with E-state index in [0.29, 0.717) is 50.7 Å². The predicted molar refractivity (Wildman–Crippen MR) is 184 cm³/mol. The van der Waals surface area contributed by atoms with E-state index < -0.39 is 18.0 Å². The minimum Gasteiger partial charge on any atom is -0.619 e. The number of carbonyl (C=O) groups excluding carboxylic acids is 1. The fraction of sp³-hybridized carbons (Fsp3) is 0.333. The van der Waals surface area contributed by atoms with E-state index in [1.165, 1.54) is 37.6 Å². The monoisotopic (exact) mass is 706 g/mol. The van der Waals surface area contributed by atoms with E-state index >= 15 is 0 Å². The molecule has 3 aliphatic rings. The fourth-order valence-electron chi connectivity index (χ4n) is 6.92. The third kappa shape index (κ3) is 7.39. The highest BCUT2D eigenvalue weighted by Crippen LogP contribution is 2.41. The number of piperidine rings is 3. The first kappa shape index (κ1) is 34.3. The molecule has 49 heavy (non-hydrogen) atoms. The van der Waals surface area contributed by atoms with Gasteiger partial charge in [0.15, 0.2) is 23.9 Å². The number of amides is 1. The zero-order valence-electron chi connectivity index (χ0n) is 27.1. The Balaban J connectivity index is 1.48. The summed E-state index contributed by atoms with van der Waals surface area (Å²) in [6, 6.07) is 13.8. The number of rotatable bonds is 11. The van der Waals surface area contributed by atoms with Crippen molar-refractivity contribution in [3.05, 3.63) is 116 Å². The quantitative estimate of drug-likeness (QED) is 0.140. The molecule has 2 aromatic carbocycles. The number of methoxy groups -OCH3 is 2. The van der Waals surface area contributed by atoms with Gasteiger partial charge in [0.25, 0.3) is 0 Å². The molecule has 3 aliphatic heterocycles. The summed E-state index contributed by atoms with van der Waals surface area (Å²) in [5.74, 6) is -0.641. The zero-order chi connectivity index (χ0) is 34.7. The number of halogens is 2. The van der Waals surface area contributed by atoms with Gasteiger partial charge in [0.1, 0.15) is 16.1 Å². The first-order valence-electron chi connectivity index (χ1n) is 15.9. The second-order valence-corrected chi connectivity index (χ2v) is 13.0. The van der Waals surface area contributed by atoms with Gasteiger partial charge in [-0.1, -0.05) is 41.4 Å². The van der Waals surface area contributed by atoms with Crippen molar-refractivity contribution in [3.8, 4) is 11.5 Å². The van der Waals surface area contributed by atoms with Gasteiger partial charge in [-0.2, -0.15) is 4.73 Å². The molecule has 3 saturated heterocycles. The normalized spacial score (nSPS) is 18.8. The number of hydrogen-bond donors (Lipinski definition) is 1. The summed E-state index contributed by atoms with van der Waals surface area (Å²) < 4.78 is 17.8. The third-order valence-corrected chi connectivity index (χ3v) is 10.1. The van der Waals surface area contributed by atoms with Gasteiger partial charge < -0.3 is 24.5 Å². The molecule has 2 aromatic heterocycles. The van der Waals surface area contributed by atoms with Crippen LogP contribution >= 0.6 is 23.2 Å². The zero-order valence-corrected chi connectivity index (χ0v) is 28.6. The second-order valence-electron chi connectivity index (χ2n) is 12.2. The van der Waals surface area contributed by atoms with Gasteiger partial charge in [0, 0.05) is 24.2 Å². The SMILES string of the molecule is COc1ccc([C@H](Cc2c(Cl)c[n+]([O-])cc2Cl)c2c(CN(C(=O)O[C@H]3CN4CCC3CC4)c3cccnc3)cccc2C(=O)O)cc1OC. The molecule has 0 saturated carbocycles. The molecule has 13 heteroatoms. The van der Waals surface area contributed by atoms with Crippen molar-refractivity contribution >= 4 is 41.0 Å². The van der Waals surface area contributed by atoms with E-state index in [4.69, 9.17) is 37.4 Å². The summed E-state index contributed by atoms with van der Waals surface area (Å²) in [6.45, 7) is 2.65. The minimum atomic E-state index is -1.16. The van der Waals surface area contributed by atoms with Crippen molar-refractivity contribution in [2.75, 3.05) is 38.8 Å². The van der Waals surface area contributed by atoms with Crippen molar-refractivity contribution < 1.29 is 33.6 Å². The summed E-state index contributed by atoms with van der Waals surface area (Å²) in [5.41, 5.74) is 2.62. The summed E-state index contributed by atoms with van der Waals surface area (Å²) in [5, 5.41) is 22.9. The molecule has 0 unspecified atom stereocenters. The van der Waals surface area contributed by atoms with Crippen molar-refractivity contribution in [2.24, 2.45) is 5.92 Å². The molecule has 3 fully saturated rings. The van der Waals surface area contributed by atoms with E-state index in [1.54, 1.807) is 48.8 Å². The summed E-state index contributed by atoms with van der Waals surface area (Å²) in [4.78, 5) is 35.0. The number of carboxylic acid groups (broad SMARTS) is 1. The van der Waals surface area contributed by atoms with Gasteiger partial charge in [0.05, 0.1) is 38.2 Å². The van der Waals surface area contributed by atoms with Crippen LogP contribution in [0.1, 0.15) is 51.4 Å². The van der Waals surface area contributed by atoms with Gasteiger partial charge in [-0.15, -0.1) is 0 Å². The Morgan fingerprint density at radius 3 is 2.41 bits per heavy atom. The smallest absolute Gasteiger partial charge is 0.414 e. The number of aromatic nitrogens is 2. The van der Waals surface area contributed by atoms with Gasteiger partial charge in [-0.25, -0.2) is 9.59 Å². The maximum atomic E-state index is 14.1. The molecule has 256 valence electrons. The number of carboxylic acids is 1. The highest BCUT2D eigenvalue weighted by molar-refractivity contribution is 6.35. The van der Waals surface area contributed by atoms with Crippen LogP contribution in [0.2, 0.25) is 10.0 Å². The molecule has 0 radical (unpaired) electrons. The highest BCUT2D eigenvalue weighted by atomic mass is 35.5. The van der Waals surface area contributed by atoms with E-state index in [9.17, 15) is 19.9 Å². The van der Waals surface area contributed by atoms with Crippen molar-refractivity contribution in [1.29, 1.82) is 0 Å². The van der Waals surface area contributed by atoms with Gasteiger partial charge in [-0.3, -0.25) is 14.8 Å². The van der Waals surface area contributed by atoms with Crippen molar-refractivity contribution in [1.82, 2.24) is 9.88 Å². The number of ether oxygens (including phenoxy) is 3. The molecule has 2 bridgehead atoms. The van der Waals surface area contributed by atoms with Crippen LogP contribution in [-0.4, -0.2) is 67.0 Å². The Morgan fingerprint density at radius 1 is 1.06 bits per heavy atom. The Hall–Kier alpha value is -4.58. The average molecular weight is 708 g/mol. The lowest BCUT2D eigenvalue weighted by atomic mass is 9.80. The van der Waals surface area contributed by atoms with Crippen LogP contribution in [0.25, 0.3) is 0 Å². The second kappa shape index (κ2) is 14.9. The van der Waals surface area contributed by atoms with Crippen molar-refractivity contribution in [2.45, 2.75) is 37.8 Å². The number of nitrogens with zero attached hydrogens (tertiary/aromatic N) is 4. The molecular weight excluding hydrogens is 671 g/mol. The fourth-order valence-corrected chi connectivity index (χ4v) is 7.52. The first-order valence-corrected chi connectivity index (χ1v) is 16.7. The number of aromatic carboxylic acids is 1. The molecule has 1 N–H and O–H groups in total. The molecular formula is C36H36Cl2N4O7. The number of fused-ring (bicyclic) bond motifs is 3. The van der Waals surface area contributed by atoms with Gasteiger partial charge in [0.2, 0.25) is 0 Å². The maximum Gasteiger partial charge on any atom is 0.414 e. The standard InChI is InChI=1S/C36H36Cl2N4O7/c1-47-31-9-8-23(15-32(31)48-2)27(16-28-29(37)19-41(46)20-30(28)38)34-24(5-3-7-26(34)35(43)44)18-42(25-6-4-12-39-17-25)36(45)49-33-21-40-13-10-22(33)11-14-40/h3-9,12,15,17,19-20,22,27,33H,10-11,13-14,16,18,21H2,1-2H3,(H,43,44)/t27-,33-/m0/s1. The van der Waals surface area contributed by atoms with E-state index in [1.807, 2.05) is 6.07 Å². The molecule has 7 rings (SSSR count). The summed E-state index contributed by atoms with van der Waals surface area (Å²) in [7, 11) is 3.04. The minimum absolute atomic E-state index is 0.0243. The van der Waals surface area contributed by atoms with Crippen LogP contribution < -0.4 is 19.1 Å². The number of carbonyl (C=O) groups is 2. The molecule has 2 atom stereocenters. The Labute approximate surface area is 294 Å². The summed E-state index contributed by atoms with van der Waals surface area (Å²) >= 11 is 13.2. The topological polar surface area (TPSA) is 128 Å². The van der Waals surface area contributed by atoms with Crippen LogP contribution in [-0.2, 0) is 17.7 Å². The molecule has 11 nitrogen and oxygen atoms in total. The van der Waals surface area contributed by atoms with Crippen LogP contribution in [0.3, 0.4) is 0 Å². The Kier molecular flexibility index (Phi) is 10.4. The average Bonchev–Trinajstić information content (AvgIpc) is 3.11. The third-order valence-electron chi connectivity index (χ3n) is 9.41. The van der Waals surface area contributed by atoms with Gasteiger partial charge in [-0.05, 0) is 85.3 Å². The van der Waals surface area contributed by atoms with Crippen LogP contribution in [0.15, 0.2) is 73.3 Å². The molecule has 0 spiro atoms. The van der Waals surface area contributed by atoms with E-state index in [-0.39, 0.29) is 40.6 Å². The molecule has 0 aliphatic carbocycles. The first-order chi connectivity index (χ1) is 23.7. The summed E-state index contributed by atoms with van der Waals surface area (Å²) in [6.07, 6.45) is 6.86.